The Bertz CT molecular complexity index is 815. The molecule has 3 heterocycles. The third kappa shape index (κ3) is 2.77. The van der Waals surface area contributed by atoms with E-state index in [4.69, 9.17) is 0 Å². The van der Waals surface area contributed by atoms with E-state index < -0.39 is 0 Å². The van der Waals surface area contributed by atoms with Crippen LogP contribution in [-0.2, 0) is 6.54 Å². The molecular weight excluding hydrogens is 306 g/mol. The van der Waals surface area contributed by atoms with Crippen LogP contribution in [0.15, 0.2) is 41.9 Å². The molecule has 0 aliphatic heterocycles. The predicted molar refractivity (Wildman–Crippen MR) is 92.7 cm³/mol. The number of amides is 1. The Morgan fingerprint density at radius 1 is 1.30 bits per heavy atom. The lowest BCUT2D eigenvalue weighted by Crippen LogP contribution is -2.26. The Morgan fingerprint density at radius 3 is 2.96 bits per heavy atom. The molecule has 0 atom stereocenters. The Hall–Kier alpha value is -2.14. The highest BCUT2D eigenvalue weighted by Crippen LogP contribution is 2.36. The van der Waals surface area contributed by atoms with Crippen LogP contribution >= 0.6 is 11.3 Å². The van der Waals surface area contributed by atoms with Gasteiger partial charge in [0.05, 0.1) is 22.5 Å². The minimum Gasteiger partial charge on any atom is -0.345 e. The van der Waals surface area contributed by atoms with Crippen LogP contribution in [0.2, 0.25) is 0 Å². The van der Waals surface area contributed by atoms with E-state index in [-0.39, 0.29) is 5.91 Å². The first-order valence-corrected chi connectivity index (χ1v) is 8.97. The van der Waals surface area contributed by atoms with Gasteiger partial charge in [0.15, 0.2) is 0 Å². The van der Waals surface area contributed by atoms with E-state index in [9.17, 15) is 4.79 Å². The fourth-order valence-corrected chi connectivity index (χ4v) is 4.25. The second-order valence-corrected chi connectivity index (χ2v) is 6.96. The zero-order valence-corrected chi connectivity index (χ0v) is 13.7. The molecule has 1 fully saturated rings. The zero-order chi connectivity index (χ0) is 15.6. The van der Waals surface area contributed by atoms with Crippen molar-refractivity contribution in [2.75, 3.05) is 0 Å². The van der Waals surface area contributed by atoms with E-state index in [1.807, 2.05) is 24.3 Å². The van der Waals surface area contributed by atoms with Crippen LogP contribution in [0.1, 0.15) is 47.9 Å². The normalized spacial score (nSPS) is 15.3. The molecule has 1 aliphatic carbocycles. The van der Waals surface area contributed by atoms with Crippen molar-refractivity contribution in [3.05, 3.63) is 53.3 Å². The molecule has 118 valence electrons. The van der Waals surface area contributed by atoms with Gasteiger partial charge in [-0.15, -0.1) is 11.3 Å². The predicted octanol–water partition coefficient (Wildman–Crippen LogP) is 4.14. The fourth-order valence-electron chi connectivity index (χ4n) is 3.44. The largest absolute Gasteiger partial charge is 0.345 e. The molecule has 0 spiro atoms. The van der Waals surface area contributed by atoms with Gasteiger partial charge in [-0.25, -0.2) is 0 Å². The number of carbonyl (C=O) groups excluding carboxylic acids is 1. The third-order valence-electron chi connectivity index (χ3n) is 4.54. The Kier molecular flexibility index (Phi) is 3.87. The van der Waals surface area contributed by atoms with E-state index in [2.05, 4.69) is 26.3 Å². The smallest absolute Gasteiger partial charge is 0.268 e. The summed E-state index contributed by atoms with van der Waals surface area (Å²) in [6, 6.07) is 10.4. The van der Waals surface area contributed by atoms with Crippen molar-refractivity contribution >= 4 is 27.5 Å². The first kappa shape index (κ1) is 14.5. The summed E-state index contributed by atoms with van der Waals surface area (Å²) >= 11 is 1.70. The molecule has 4 nitrogen and oxygen atoms in total. The van der Waals surface area contributed by atoms with Gasteiger partial charge in [0.2, 0.25) is 0 Å². The SMILES string of the molecule is O=C(NCc1ccccn1)c1cc2sccc2n1C1CCCC1. The van der Waals surface area contributed by atoms with Crippen molar-refractivity contribution in [3.8, 4) is 0 Å². The topological polar surface area (TPSA) is 46.9 Å². The van der Waals surface area contributed by atoms with Gasteiger partial charge >= 0.3 is 0 Å². The summed E-state index contributed by atoms with van der Waals surface area (Å²) < 4.78 is 3.45. The van der Waals surface area contributed by atoms with Gasteiger partial charge in [0.1, 0.15) is 5.69 Å². The summed E-state index contributed by atoms with van der Waals surface area (Å²) in [5, 5.41) is 5.12. The van der Waals surface area contributed by atoms with Crippen LogP contribution in [0.4, 0.5) is 0 Å². The summed E-state index contributed by atoms with van der Waals surface area (Å²) in [5.74, 6) is -0.00838. The van der Waals surface area contributed by atoms with Crippen LogP contribution in [0.5, 0.6) is 0 Å². The van der Waals surface area contributed by atoms with Gasteiger partial charge in [0, 0.05) is 12.2 Å². The van der Waals surface area contributed by atoms with Gasteiger partial charge < -0.3 is 9.88 Å². The fraction of sp³-hybridized carbons (Fsp3) is 0.333. The van der Waals surface area contributed by atoms with Gasteiger partial charge in [0.25, 0.3) is 5.91 Å². The van der Waals surface area contributed by atoms with Crippen molar-refractivity contribution in [3.63, 3.8) is 0 Å². The Labute approximate surface area is 139 Å². The standard InChI is InChI=1S/C18H19N3OS/c22-18(20-12-13-5-3-4-9-19-13)16-11-17-15(8-10-23-17)21(16)14-6-1-2-7-14/h3-5,8-11,14H,1-2,6-7,12H2,(H,20,22). The van der Waals surface area contributed by atoms with E-state index in [1.54, 1.807) is 17.5 Å². The van der Waals surface area contributed by atoms with Crippen molar-refractivity contribution in [2.45, 2.75) is 38.3 Å². The summed E-state index contributed by atoms with van der Waals surface area (Å²) in [6.07, 6.45) is 6.59. The molecule has 0 bridgehead atoms. The highest BCUT2D eigenvalue weighted by atomic mass is 32.1. The summed E-state index contributed by atoms with van der Waals surface area (Å²) in [5.41, 5.74) is 2.86. The number of pyridine rings is 1. The van der Waals surface area contributed by atoms with Crippen molar-refractivity contribution in [2.24, 2.45) is 0 Å². The molecule has 3 aromatic rings. The molecule has 3 aromatic heterocycles. The molecule has 1 aliphatic rings. The highest BCUT2D eigenvalue weighted by molar-refractivity contribution is 7.17. The highest BCUT2D eigenvalue weighted by Gasteiger charge is 2.24. The van der Waals surface area contributed by atoms with E-state index in [0.29, 0.717) is 12.6 Å². The molecule has 0 radical (unpaired) electrons. The average molecular weight is 325 g/mol. The van der Waals surface area contributed by atoms with E-state index in [1.165, 1.54) is 35.9 Å². The first-order valence-electron chi connectivity index (χ1n) is 8.09. The lowest BCUT2D eigenvalue weighted by atomic mass is 10.2. The molecule has 1 saturated carbocycles. The minimum atomic E-state index is -0.00838. The Balaban J connectivity index is 1.61. The summed E-state index contributed by atoms with van der Waals surface area (Å²) in [6.45, 7) is 0.461. The number of thiophene rings is 1. The number of nitrogens with one attached hydrogen (secondary N) is 1. The number of hydrogen-bond acceptors (Lipinski definition) is 3. The van der Waals surface area contributed by atoms with Crippen LogP contribution in [0.25, 0.3) is 10.2 Å². The second kappa shape index (κ2) is 6.16. The maximum atomic E-state index is 12.7. The van der Waals surface area contributed by atoms with E-state index in [0.717, 1.165) is 11.4 Å². The summed E-state index contributed by atoms with van der Waals surface area (Å²) in [7, 11) is 0. The monoisotopic (exact) mass is 325 g/mol. The van der Waals surface area contributed by atoms with Crippen molar-refractivity contribution < 1.29 is 4.79 Å². The molecule has 0 aromatic carbocycles. The zero-order valence-electron chi connectivity index (χ0n) is 12.9. The van der Waals surface area contributed by atoms with Gasteiger partial charge in [-0.3, -0.25) is 9.78 Å². The van der Waals surface area contributed by atoms with Crippen molar-refractivity contribution in [1.29, 1.82) is 0 Å². The van der Waals surface area contributed by atoms with Crippen LogP contribution < -0.4 is 5.32 Å². The second-order valence-electron chi connectivity index (χ2n) is 6.01. The molecule has 23 heavy (non-hydrogen) atoms. The molecule has 1 N–H and O–H groups in total. The van der Waals surface area contributed by atoms with Gasteiger partial charge in [-0.2, -0.15) is 0 Å². The maximum Gasteiger partial charge on any atom is 0.268 e. The average Bonchev–Trinajstić information content (AvgIpc) is 3.29. The number of hydrogen-bond donors (Lipinski definition) is 1. The number of rotatable bonds is 4. The Morgan fingerprint density at radius 2 is 2.17 bits per heavy atom. The molecular formula is C18H19N3OS. The van der Waals surface area contributed by atoms with Crippen LogP contribution in [-0.4, -0.2) is 15.5 Å². The maximum absolute atomic E-state index is 12.7. The van der Waals surface area contributed by atoms with Crippen molar-refractivity contribution in [1.82, 2.24) is 14.9 Å². The van der Waals surface area contributed by atoms with Gasteiger partial charge in [-0.1, -0.05) is 18.9 Å². The number of aromatic nitrogens is 2. The third-order valence-corrected chi connectivity index (χ3v) is 5.39. The molecule has 5 heteroatoms. The first-order chi connectivity index (χ1) is 11.3. The molecule has 0 saturated heterocycles. The quantitative estimate of drug-likeness (QED) is 0.783. The number of nitrogens with zero attached hydrogens (tertiary/aromatic N) is 2. The molecule has 1 amide bonds. The van der Waals surface area contributed by atoms with Crippen LogP contribution in [0.3, 0.4) is 0 Å². The van der Waals surface area contributed by atoms with Gasteiger partial charge in [-0.05, 0) is 42.5 Å². The minimum absolute atomic E-state index is 0.00838. The lowest BCUT2D eigenvalue weighted by molar-refractivity contribution is 0.0939. The number of carbonyl (C=O) groups is 1. The molecule has 4 rings (SSSR count). The molecule has 0 unspecified atom stereocenters. The lowest BCUT2D eigenvalue weighted by Gasteiger charge is -2.17. The number of fused-ring (bicyclic) bond motifs is 1. The summed E-state index contributed by atoms with van der Waals surface area (Å²) in [4.78, 5) is 17.0. The van der Waals surface area contributed by atoms with Crippen LogP contribution in [0, 0.1) is 0 Å². The van der Waals surface area contributed by atoms with E-state index >= 15 is 0 Å².